The van der Waals surface area contributed by atoms with Crippen LogP contribution in [0.1, 0.15) is 22.4 Å². The highest BCUT2D eigenvalue weighted by atomic mass is 32.2. The van der Waals surface area contributed by atoms with Crippen molar-refractivity contribution in [1.29, 1.82) is 0 Å². The van der Waals surface area contributed by atoms with Gasteiger partial charge in [-0.05, 0) is 48.7 Å². The molecule has 0 radical (unpaired) electrons. The zero-order valence-electron chi connectivity index (χ0n) is 14.6. The molecule has 3 nitrogen and oxygen atoms in total. The van der Waals surface area contributed by atoms with Gasteiger partial charge in [0.15, 0.2) is 0 Å². The lowest BCUT2D eigenvalue weighted by Gasteiger charge is -2.09. The van der Waals surface area contributed by atoms with Crippen molar-refractivity contribution in [1.82, 2.24) is 4.98 Å². The van der Waals surface area contributed by atoms with E-state index in [0.717, 1.165) is 38.2 Å². The van der Waals surface area contributed by atoms with E-state index in [1.807, 2.05) is 37.4 Å². The van der Waals surface area contributed by atoms with E-state index in [1.54, 1.807) is 23.9 Å². The second kappa shape index (κ2) is 8.47. The predicted octanol–water partition coefficient (Wildman–Crippen LogP) is 5.37. The molecule has 0 saturated carbocycles. The van der Waals surface area contributed by atoms with Crippen molar-refractivity contribution >= 4 is 34.7 Å². The molecule has 26 heavy (non-hydrogen) atoms. The van der Waals surface area contributed by atoms with Crippen molar-refractivity contribution in [2.24, 2.45) is 0 Å². The van der Waals surface area contributed by atoms with Crippen molar-refractivity contribution in [3.8, 4) is 0 Å². The van der Waals surface area contributed by atoms with Crippen LogP contribution in [0.2, 0.25) is 0 Å². The third kappa shape index (κ3) is 4.93. The van der Waals surface area contributed by atoms with Gasteiger partial charge >= 0.3 is 0 Å². The van der Waals surface area contributed by atoms with E-state index >= 15 is 0 Å². The Labute approximate surface area is 160 Å². The number of nitrogens with one attached hydrogen (secondary N) is 1. The van der Waals surface area contributed by atoms with Gasteiger partial charge in [0.05, 0.1) is 12.1 Å². The minimum atomic E-state index is -0.231. The number of thiazole rings is 1. The Morgan fingerprint density at radius 2 is 1.96 bits per heavy atom. The maximum atomic E-state index is 12.9. The molecule has 3 rings (SSSR count). The maximum Gasteiger partial charge on any atom is 0.230 e. The van der Waals surface area contributed by atoms with E-state index in [1.165, 1.54) is 23.5 Å². The fraction of sp³-hybridized carbons (Fsp3) is 0.200. The molecule has 0 saturated heterocycles. The van der Waals surface area contributed by atoms with Gasteiger partial charge in [-0.2, -0.15) is 0 Å². The first-order valence-electron chi connectivity index (χ1n) is 8.19. The maximum absolute atomic E-state index is 12.9. The van der Waals surface area contributed by atoms with Gasteiger partial charge in [-0.1, -0.05) is 36.0 Å². The fourth-order valence-corrected chi connectivity index (χ4v) is 4.21. The smallest absolute Gasteiger partial charge is 0.230 e. The zero-order chi connectivity index (χ0) is 18.5. The lowest BCUT2D eigenvalue weighted by molar-refractivity contribution is -0.115. The monoisotopic (exact) mass is 386 g/mol. The highest BCUT2D eigenvalue weighted by molar-refractivity contribution is 8.00. The van der Waals surface area contributed by atoms with Crippen molar-refractivity contribution in [2.45, 2.75) is 30.4 Å². The Balaban J connectivity index is 1.55. The summed E-state index contributed by atoms with van der Waals surface area (Å²) in [5.74, 6) is 0.422. The summed E-state index contributed by atoms with van der Waals surface area (Å²) >= 11 is 3.11. The van der Waals surface area contributed by atoms with E-state index in [9.17, 15) is 9.18 Å². The minimum absolute atomic E-state index is 0.0703. The van der Waals surface area contributed by atoms with E-state index in [-0.39, 0.29) is 18.1 Å². The molecular weight excluding hydrogens is 367 g/mol. The first kappa shape index (κ1) is 18.6. The first-order valence-corrected chi connectivity index (χ1v) is 10.1. The van der Waals surface area contributed by atoms with Gasteiger partial charge in [0.2, 0.25) is 5.91 Å². The first-order chi connectivity index (χ1) is 12.5. The molecular formula is C20H19FN2OS2. The average molecular weight is 387 g/mol. The van der Waals surface area contributed by atoms with Crippen LogP contribution in [0.5, 0.6) is 0 Å². The average Bonchev–Trinajstić information content (AvgIpc) is 3.06. The molecule has 0 fully saturated rings. The van der Waals surface area contributed by atoms with Crippen LogP contribution in [0, 0.1) is 19.7 Å². The predicted molar refractivity (Wildman–Crippen MR) is 106 cm³/mol. The second-order valence-corrected chi connectivity index (χ2v) is 8.07. The summed E-state index contributed by atoms with van der Waals surface area (Å²) in [6.45, 7) is 4.02. The molecule has 1 aromatic heterocycles. The molecule has 1 N–H and O–H groups in total. The lowest BCUT2D eigenvalue weighted by Crippen LogP contribution is -2.15. The summed E-state index contributed by atoms with van der Waals surface area (Å²) in [7, 11) is 0. The number of anilines is 1. The number of aromatic nitrogens is 1. The number of amides is 1. The van der Waals surface area contributed by atoms with Crippen molar-refractivity contribution in [3.05, 3.63) is 76.0 Å². The van der Waals surface area contributed by atoms with Crippen LogP contribution >= 0.6 is 23.1 Å². The highest BCUT2D eigenvalue weighted by Gasteiger charge is 2.10. The second-order valence-electron chi connectivity index (χ2n) is 5.99. The van der Waals surface area contributed by atoms with Crippen molar-refractivity contribution < 1.29 is 9.18 Å². The molecule has 2 aromatic carbocycles. The van der Waals surface area contributed by atoms with E-state index in [4.69, 9.17) is 0 Å². The van der Waals surface area contributed by atoms with Gasteiger partial charge in [0.25, 0.3) is 0 Å². The number of carbonyl (C=O) groups is 1. The van der Waals surface area contributed by atoms with Gasteiger partial charge in [0, 0.05) is 16.8 Å². The van der Waals surface area contributed by atoms with E-state index < -0.39 is 0 Å². The largest absolute Gasteiger partial charge is 0.325 e. The Hall–Kier alpha value is -2.18. The molecule has 3 aromatic rings. The molecule has 0 aliphatic heterocycles. The number of halogens is 1. The molecule has 0 aliphatic rings. The van der Waals surface area contributed by atoms with Gasteiger partial charge in [-0.3, -0.25) is 4.79 Å². The standard InChI is InChI=1S/C20H19FN2OS2/c1-13-4-3-5-18(14(13)2)23-19(24)10-17-12-26-20(22-17)25-11-15-6-8-16(21)9-7-15/h3-9,12H,10-11H2,1-2H3,(H,23,24). The fourth-order valence-electron chi connectivity index (χ4n) is 2.41. The van der Waals surface area contributed by atoms with Crippen LogP contribution in [0.4, 0.5) is 10.1 Å². The Kier molecular flexibility index (Phi) is 6.06. The normalized spacial score (nSPS) is 10.7. The van der Waals surface area contributed by atoms with Crippen LogP contribution in [-0.4, -0.2) is 10.9 Å². The lowest BCUT2D eigenvalue weighted by atomic mass is 10.1. The van der Waals surface area contributed by atoms with Crippen LogP contribution < -0.4 is 5.32 Å². The number of nitrogens with zero attached hydrogens (tertiary/aromatic N) is 1. The summed E-state index contributed by atoms with van der Waals surface area (Å²) in [5, 5.41) is 4.87. The SMILES string of the molecule is Cc1cccc(NC(=O)Cc2csc(SCc3ccc(F)cc3)n2)c1C. The number of benzene rings is 2. The zero-order valence-corrected chi connectivity index (χ0v) is 16.2. The Morgan fingerprint density at radius 1 is 1.19 bits per heavy atom. The van der Waals surface area contributed by atoms with Crippen molar-refractivity contribution in [3.63, 3.8) is 0 Å². The third-order valence-corrected chi connectivity index (χ3v) is 6.17. The quantitative estimate of drug-likeness (QED) is 0.579. The topological polar surface area (TPSA) is 42.0 Å². The van der Waals surface area contributed by atoms with Crippen LogP contribution in [0.15, 0.2) is 52.2 Å². The summed E-state index contributed by atoms with van der Waals surface area (Å²) in [6, 6.07) is 12.3. The van der Waals surface area contributed by atoms with E-state index in [0.29, 0.717) is 0 Å². The molecule has 1 amide bonds. The summed E-state index contributed by atoms with van der Waals surface area (Å²) in [4.78, 5) is 16.8. The number of rotatable bonds is 6. The van der Waals surface area contributed by atoms with Gasteiger partial charge in [-0.25, -0.2) is 9.37 Å². The highest BCUT2D eigenvalue weighted by Crippen LogP contribution is 2.26. The number of aryl methyl sites for hydroxylation is 1. The van der Waals surface area contributed by atoms with Crippen LogP contribution in [0.25, 0.3) is 0 Å². The summed E-state index contributed by atoms with van der Waals surface area (Å²) in [6.07, 6.45) is 0.251. The summed E-state index contributed by atoms with van der Waals surface area (Å²) in [5.41, 5.74) is 4.88. The molecule has 0 unspecified atom stereocenters. The van der Waals surface area contributed by atoms with Gasteiger partial charge < -0.3 is 5.32 Å². The van der Waals surface area contributed by atoms with E-state index in [2.05, 4.69) is 10.3 Å². The molecule has 0 aliphatic carbocycles. The summed E-state index contributed by atoms with van der Waals surface area (Å²) < 4.78 is 13.8. The van der Waals surface area contributed by atoms with Crippen molar-refractivity contribution in [2.75, 3.05) is 5.32 Å². The van der Waals surface area contributed by atoms with Crippen LogP contribution in [-0.2, 0) is 17.0 Å². The molecule has 0 spiro atoms. The Morgan fingerprint density at radius 3 is 2.73 bits per heavy atom. The molecule has 0 atom stereocenters. The number of hydrogen-bond donors (Lipinski definition) is 1. The molecule has 0 bridgehead atoms. The number of thioether (sulfide) groups is 1. The van der Waals surface area contributed by atoms with Gasteiger partial charge in [0.1, 0.15) is 10.2 Å². The number of carbonyl (C=O) groups excluding carboxylic acids is 1. The number of hydrogen-bond acceptors (Lipinski definition) is 4. The molecule has 134 valence electrons. The Bertz CT molecular complexity index is 906. The third-order valence-electron chi connectivity index (χ3n) is 4.03. The molecule has 6 heteroatoms. The molecule has 1 heterocycles. The van der Waals surface area contributed by atoms with Crippen LogP contribution in [0.3, 0.4) is 0 Å². The van der Waals surface area contributed by atoms with Gasteiger partial charge in [-0.15, -0.1) is 11.3 Å². The minimum Gasteiger partial charge on any atom is -0.325 e.